The SMILES string of the molecule is CC(C(=O)N(C)C(C)C1(C)CC1)C(N)c1ccccc1. The molecular weight excluding hydrogens is 248 g/mol. The molecule has 2 N–H and O–H groups in total. The van der Waals surface area contributed by atoms with Crippen molar-refractivity contribution in [3.63, 3.8) is 0 Å². The summed E-state index contributed by atoms with van der Waals surface area (Å²) in [6.07, 6.45) is 2.43. The van der Waals surface area contributed by atoms with Crippen LogP contribution >= 0.6 is 0 Å². The fourth-order valence-electron chi connectivity index (χ4n) is 2.71. The van der Waals surface area contributed by atoms with E-state index in [1.165, 1.54) is 12.8 Å². The van der Waals surface area contributed by atoms with E-state index in [9.17, 15) is 4.79 Å². The quantitative estimate of drug-likeness (QED) is 0.897. The van der Waals surface area contributed by atoms with Crippen LogP contribution in [0.1, 0.15) is 45.2 Å². The summed E-state index contributed by atoms with van der Waals surface area (Å²) in [6.45, 7) is 6.33. The van der Waals surface area contributed by atoms with Gasteiger partial charge < -0.3 is 10.6 Å². The summed E-state index contributed by atoms with van der Waals surface area (Å²) >= 11 is 0. The molecular formula is C17H26N2O. The fourth-order valence-corrected chi connectivity index (χ4v) is 2.71. The lowest BCUT2D eigenvalue weighted by Gasteiger charge is -2.33. The molecule has 20 heavy (non-hydrogen) atoms. The molecule has 3 unspecified atom stereocenters. The van der Waals surface area contributed by atoms with Gasteiger partial charge in [0, 0.05) is 19.1 Å². The lowest BCUT2D eigenvalue weighted by Crippen LogP contribution is -2.44. The van der Waals surface area contributed by atoms with Crippen molar-refractivity contribution in [1.29, 1.82) is 0 Å². The van der Waals surface area contributed by atoms with Crippen LogP contribution in [0, 0.1) is 11.3 Å². The summed E-state index contributed by atoms with van der Waals surface area (Å²) in [7, 11) is 1.91. The molecule has 2 rings (SSSR count). The van der Waals surface area contributed by atoms with Crippen LogP contribution in [0.5, 0.6) is 0 Å². The smallest absolute Gasteiger partial charge is 0.227 e. The molecule has 1 fully saturated rings. The third kappa shape index (κ3) is 2.88. The Morgan fingerprint density at radius 3 is 2.30 bits per heavy atom. The molecule has 1 amide bonds. The van der Waals surface area contributed by atoms with Crippen molar-refractivity contribution in [2.45, 2.75) is 45.7 Å². The summed E-state index contributed by atoms with van der Waals surface area (Å²) in [6, 6.07) is 9.89. The largest absolute Gasteiger partial charge is 0.342 e. The minimum absolute atomic E-state index is 0.141. The molecule has 110 valence electrons. The first kappa shape index (κ1) is 15.0. The van der Waals surface area contributed by atoms with Crippen LogP contribution in [-0.4, -0.2) is 23.9 Å². The molecule has 3 heteroatoms. The molecule has 0 aromatic heterocycles. The topological polar surface area (TPSA) is 46.3 Å². The van der Waals surface area contributed by atoms with Crippen LogP contribution in [0.2, 0.25) is 0 Å². The fraction of sp³-hybridized carbons (Fsp3) is 0.588. The van der Waals surface area contributed by atoms with E-state index < -0.39 is 0 Å². The second-order valence-electron chi connectivity index (χ2n) is 6.50. The average Bonchev–Trinajstić information content (AvgIpc) is 3.23. The molecule has 1 aromatic carbocycles. The van der Waals surface area contributed by atoms with E-state index in [0.29, 0.717) is 5.41 Å². The van der Waals surface area contributed by atoms with Crippen molar-refractivity contribution in [3.8, 4) is 0 Å². The Hall–Kier alpha value is -1.35. The summed E-state index contributed by atoms with van der Waals surface area (Å²) in [5.41, 5.74) is 7.58. The number of rotatable bonds is 5. The van der Waals surface area contributed by atoms with E-state index in [-0.39, 0.29) is 23.9 Å². The zero-order valence-electron chi connectivity index (χ0n) is 13.0. The van der Waals surface area contributed by atoms with Crippen molar-refractivity contribution < 1.29 is 4.79 Å². The third-order valence-corrected chi connectivity index (χ3v) is 5.09. The van der Waals surface area contributed by atoms with Crippen molar-refractivity contribution in [3.05, 3.63) is 35.9 Å². The highest BCUT2D eigenvalue weighted by Gasteiger charge is 2.45. The van der Waals surface area contributed by atoms with E-state index in [1.807, 2.05) is 49.2 Å². The monoisotopic (exact) mass is 274 g/mol. The number of nitrogens with zero attached hydrogens (tertiary/aromatic N) is 1. The van der Waals surface area contributed by atoms with Gasteiger partial charge >= 0.3 is 0 Å². The normalized spacial score (nSPS) is 20.9. The Kier molecular flexibility index (Phi) is 4.19. The molecule has 1 aromatic rings. The van der Waals surface area contributed by atoms with Gasteiger partial charge in [0.05, 0.1) is 5.92 Å². The van der Waals surface area contributed by atoms with Crippen molar-refractivity contribution >= 4 is 5.91 Å². The maximum Gasteiger partial charge on any atom is 0.227 e. The van der Waals surface area contributed by atoms with E-state index >= 15 is 0 Å². The van der Waals surface area contributed by atoms with Crippen molar-refractivity contribution in [2.75, 3.05) is 7.05 Å². The van der Waals surface area contributed by atoms with Crippen LogP contribution in [0.4, 0.5) is 0 Å². The predicted octanol–water partition coefficient (Wildman–Crippen LogP) is 2.97. The van der Waals surface area contributed by atoms with Gasteiger partial charge in [0.1, 0.15) is 0 Å². The first-order valence-electron chi connectivity index (χ1n) is 7.44. The van der Waals surface area contributed by atoms with Gasteiger partial charge in [-0.3, -0.25) is 4.79 Å². The molecule has 3 nitrogen and oxygen atoms in total. The van der Waals surface area contributed by atoms with E-state index in [4.69, 9.17) is 5.73 Å². The molecule has 0 saturated heterocycles. The predicted molar refractivity (Wildman–Crippen MR) is 82.1 cm³/mol. The van der Waals surface area contributed by atoms with Crippen LogP contribution < -0.4 is 5.73 Å². The highest BCUT2D eigenvalue weighted by molar-refractivity contribution is 5.79. The Morgan fingerprint density at radius 1 is 1.25 bits per heavy atom. The minimum atomic E-state index is -0.245. The Balaban J connectivity index is 2.04. The number of nitrogens with two attached hydrogens (primary N) is 1. The molecule has 0 bridgehead atoms. The Morgan fingerprint density at radius 2 is 1.80 bits per heavy atom. The molecule has 3 atom stereocenters. The molecule has 0 radical (unpaired) electrons. The molecule has 0 heterocycles. The zero-order valence-corrected chi connectivity index (χ0v) is 13.0. The van der Waals surface area contributed by atoms with E-state index in [0.717, 1.165) is 5.56 Å². The number of carbonyl (C=O) groups is 1. The first-order chi connectivity index (χ1) is 9.37. The van der Waals surface area contributed by atoms with Crippen LogP contribution in [0.15, 0.2) is 30.3 Å². The molecule has 0 spiro atoms. The molecule has 0 aliphatic heterocycles. The highest BCUT2D eigenvalue weighted by Crippen LogP contribution is 2.49. The van der Waals surface area contributed by atoms with Crippen molar-refractivity contribution in [2.24, 2.45) is 17.1 Å². The lowest BCUT2D eigenvalue weighted by atomic mass is 9.92. The second kappa shape index (κ2) is 5.57. The van der Waals surface area contributed by atoms with Gasteiger partial charge in [0.25, 0.3) is 0 Å². The zero-order chi connectivity index (χ0) is 14.9. The number of benzene rings is 1. The highest BCUT2D eigenvalue weighted by atomic mass is 16.2. The summed E-state index contributed by atoms with van der Waals surface area (Å²) in [5, 5.41) is 0. The maximum atomic E-state index is 12.6. The van der Waals surface area contributed by atoms with E-state index in [2.05, 4.69) is 13.8 Å². The van der Waals surface area contributed by atoms with E-state index in [1.54, 1.807) is 0 Å². The standard InChI is InChI=1S/C17H26N2O/c1-12(15(18)14-8-6-5-7-9-14)16(20)19(4)13(2)17(3)10-11-17/h5-9,12-13,15H,10-11,18H2,1-4H3. The van der Waals surface area contributed by atoms with Crippen LogP contribution in [-0.2, 0) is 4.79 Å². The number of amides is 1. The number of carbonyl (C=O) groups excluding carboxylic acids is 1. The summed E-state index contributed by atoms with van der Waals surface area (Å²) in [4.78, 5) is 14.5. The van der Waals surface area contributed by atoms with Gasteiger partial charge in [-0.1, -0.05) is 44.2 Å². The summed E-state index contributed by atoms with van der Waals surface area (Å²) < 4.78 is 0. The van der Waals surface area contributed by atoms with Gasteiger partial charge in [0.15, 0.2) is 0 Å². The van der Waals surface area contributed by atoms with Crippen LogP contribution in [0.25, 0.3) is 0 Å². The molecule has 1 aliphatic rings. The maximum absolute atomic E-state index is 12.6. The second-order valence-corrected chi connectivity index (χ2v) is 6.50. The lowest BCUT2D eigenvalue weighted by molar-refractivity contribution is -0.137. The summed E-state index contributed by atoms with van der Waals surface area (Å²) in [5.74, 6) is -0.0609. The van der Waals surface area contributed by atoms with Gasteiger partial charge in [-0.15, -0.1) is 0 Å². The number of hydrogen-bond donors (Lipinski definition) is 1. The van der Waals surface area contributed by atoms with Gasteiger partial charge in [-0.2, -0.15) is 0 Å². The molecule has 1 saturated carbocycles. The first-order valence-corrected chi connectivity index (χ1v) is 7.44. The third-order valence-electron chi connectivity index (χ3n) is 5.09. The Bertz CT molecular complexity index is 467. The molecule has 1 aliphatic carbocycles. The van der Waals surface area contributed by atoms with Crippen molar-refractivity contribution in [1.82, 2.24) is 4.90 Å². The Labute approximate surface area is 122 Å². The average molecular weight is 274 g/mol. The number of hydrogen-bond acceptors (Lipinski definition) is 2. The van der Waals surface area contributed by atoms with Gasteiger partial charge in [-0.05, 0) is 30.7 Å². The van der Waals surface area contributed by atoms with Gasteiger partial charge in [-0.25, -0.2) is 0 Å². The van der Waals surface area contributed by atoms with Gasteiger partial charge in [0.2, 0.25) is 5.91 Å². The van der Waals surface area contributed by atoms with Crippen LogP contribution in [0.3, 0.4) is 0 Å². The minimum Gasteiger partial charge on any atom is -0.342 e.